The van der Waals surface area contributed by atoms with Crippen molar-refractivity contribution in [1.29, 1.82) is 0 Å². The minimum absolute atomic E-state index is 0.0795. The third kappa shape index (κ3) is 4.64. The number of aryl methyl sites for hydroxylation is 1. The lowest BCUT2D eigenvalue weighted by Crippen LogP contribution is -2.30. The summed E-state index contributed by atoms with van der Waals surface area (Å²) in [6, 6.07) is 13.8. The van der Waals surface area contributed by atoms with Crippen molar-refractivity contribution < 1.29 is 14.3 Å². The second kappa shape index (κ2) is 9.66. The molecular weight excluding hydrogens is 444 g/mol. The molecule has 5 rings (SSSR count). The van der Waals surface area contributed by atoms with Crippen molar-refractivity contribution in [2.75, 3.05) is 5.32 Å². The van der Waals surface area contributed by atoms with Crippen LogP contribution in [0, 0.1) is 0 Å². The molecule has 0 fully saturated rings. The maximum absolute atomic E-state index is 13.0. The Bertz CT molecular complexity index is 1490. The molecule has 1 unspecified atom stereocenters. The second-order valence-electron chi connectivity index (χ2n) is 8.79. The topological polar surface area (TPSA) is 103 Å². The predicted octanol–water partition coefficient (Wildman–Crippen LogP) is 4.25. The van der Waals surface area contributed by atoms with Gasteiger partial charge in [-0.05, 0) is 62.2 Å². The van der Waals surface area contributed by atoms with E-state index in [-0.39, 0.29) is 11.1 Å². The number of amides is 1. The van der Waals surface area contributed by atoms with E-state index in [9.17, 15) is 14.4 Å². The van der Waals surface area contributed by atoms with E-state index in [4.69, 9.17) is 9.72 Å². The van der Waals surface area contributed by atoms with E-state index >= 15 is 0 Å². The van der Waals surface area contributed by atoms with Crippen LogP contribution in [-0.4, -0.2) is 32.5 Å². The van der Waals surface area contributed by atoms with E-state index in [2.05, 4.69) is 10.3 Å². The number of hydrogen-bond acceptors (Lipinski definition) is 6. The maximum Gasteiger partial charge on any atom is 0.338 e. The van der Waals surface area contributed by atoms with Crippen LogP contribution < -0.4 is 10.9 Å². The number of rotatable bonds is 4. The number of ether oxygens (including phenoxy) is 1. The molecule has 1 atom stereocenters. The summed E-state index contributed by atoms with van der Waals surface area (Å²) in [5, 5.41) is 4.08. The molecule has 0 saturated heterocycles. The van der Waals surface area contributed by atoms with Gasteiger partial charge >= 0.3 is 5.97 Å². The van der Waals surface area contributed by atoms with Gasteiger partial charge in [0.2, 0.25) is 0 Å². The lowest BCUT2D eigenvalue weighted by Gasteiger charge is -2.17. The average molecular weight is 471 g/mol. The zero-order valence-corrected chi connectivity index (χ0v) is 19.5. The van der Waals surface area contributed by atoms with Crippen LogP contribution in [0.3, 0.4) is 0 Å². The summed E-state index contributed by atoms with van der Waals surface area (Å²) in [5.74, 6) is -0.346. The van der Waals surface area contributed by atoms with E-state index in [0.717, 1.165) is 48.8 Å². The molecule has 0 radical (unpaired) electrons. The molecule has 8 heteroatoms. The number of aromatic nitrogens is 3. The van der Waals surface area contributed by atoms with Crippen LogP contribution >= 0.6 is 0 Å². The van der Waals surface area contributed by atoms with Gasteiger partial charge < -0.3 is 10.1 Å². The Balaban J connectivity index is 1.34. The van der Waals surface area contributed by atoms with Crippen LogP contribution in [0.2, 0.25) is 0 Å². The molecule has 2 aromatic heterocycles. The van der Waals surface area contributed by atoms with Gasteiger partial charge in [0, 0.05) is 24.5 Å². The number of benzene rings is 2. The molecule has 178 valence electrons. The quantitative estimate of drug-likeness (QED) is 0.448. The number of anilines is 1. The smallest absolute Gasteiger partial charge is 0.338 e. The van der Waals surface area contributed by atoms with Crippen molar-refractivity contribution >= 4 is 39.4 Å². The third-order valence-electron chi connectivity index (χ3n) is 6.36. The first-order valence-corrected chi connectivity index (χ1v) is 11.9. The van der Waals surface area contributed by atoms with Crippen molar-refractivity contribution in [3.63, 3.8) is 0 Å². The Kier molecular flexibility index (Phi) is 6.27. The molecule has 2 aromatic carbocycles. The summed E-state index contributed by atoms with van der Waals surface area (Å²) in [7, 11) is 0. The van der Waals surface area contributed by atoms with E-state index in [1.807, 2.05) is 12.1 Å². The van der Waals surface area contributed by atoms with Gasteiger partial charge in [-0.1, -0.05) is 18.9 Å². The Morgan fingerprint density at radius 2 is 1.86 bits per heavy atom. The van der Waals surface area contributed by atoms with Crippen molar-refractivity contribution in [1.82, 2.24) is 14.5 Å². The minimum Gasteiger partial charge on any atom is -0.449 e. The first-order valence-electron chi connectivity index (χ1n) is 11.9. The molecule has 0 saturated carbocycles. The number of esters is 1. The maximum atomic E-state index is 13.0. The van der Waals surface area contributed by atoms with Crippen LogP contribution in [0.4, 0.5) is 5.69 Å². The fraction of sp³-hybridized carbons (Fsp3) is 0.296. The molecule has 1 N–H and O–H groups in total. The van der Waals surface area contributed by atoms with E-state index in [1.165, 1.54) is 6.92 Å². The average Bonchev–Trinajstić information content (AvgIpc) is 2.85. The van der Waals surface area contributed by atoms with Gasteiger partial charge in [-0.25, -0.2) is 9.78 Å². The molecule has 0 aliphatic carbocycles. The summed E-state index contributed by atoms with van der Waals surface area (Å²) < 4.78 is 7.19. The highest BCUT2D eigenvalue weighted by Crippen LogP contribution is 2.22. The van der Waals surface area contributed by atoms with Crippen molar-refractivity contribution in [3.8, 4) is 0 Å². The number of nitrogens with zero attached hydrogens (tertiary/aromatic N) is 3. The van der Waals surface area contributed by atoms with Crippen LogP contribution in [-0.2, 0) is 22.5 Å². The van der Waals surface area contributed by atoms with E-state index < -0.39 is 18.0 Å². The Labute approximate surface area is 202 Å². The Hall–Kier alpha value is -4.07. The Morgan fingerprint density at radius 3 is 2.74 bits per heavy atom. The summed E-state index contributed by atoms with van der Waals surface area (Å²) in [4.78, 5) is 47.5. The first kappa shape index (κ1) is 22.7. The van der Waals surface area contributed by atoms with Crippen LogP contribution in [0.15, 0.2) is 59.5 Å². The number of hydrogen-bond donors (Lipinski definition) is 1. The number of carbonyl (C=O) groups is 2. The first-order chi connectivity index (χ1) is 17.0. The number of pyridine rings is 1. The lowest BCUT2D eigenvalue weighted by molar-refractivity contribution is -0.123. The molecule has 0 bridgehead atoms. The monoisotopic (exact) mass is 470 g/mol. The fourth-order valence-electron chi connectivity index (χ4n) is 4.45. The summed E-state index contributed by atoms with van der Waals surface area (Å²) in [6.45, 7) is 2.19. The molecule has 4 aromatic rings. The summed E-state index contributed by atoms with van der Waals surface area (Å²) in [6.07, 6.45) is 5.57. The standard InChI is InChI=1S/C27H26N4O4/c1-17(25(32)30-22-10-6-9-21-19(22)8-7-14-28-21)35-27(34)18-12-13-20-23(16-18)29-24-11-4-2-3-5-15-31(24)26(20)33/h6-10,12-14,16-17H,2-5,11,15H2,1H3,(H,30,32). The largest absolute Gasteiger partial charge is 0.449 e. The van der Waals surface area contributed by atoms with E-state index in [1.54, 1.807) is 47.2 Å². The van der Waals surface area contributed by atoms with Gasteiger partial charge in [-0.3, -0.25) is 19.1 Å². The van der Waals surface area contributed by atoms with Crippen LogP contribution in [0.25, 0.3) is 21.8 Å². The van der Waals surface area contributed by atoms with E-state index in [0.29, 0.717) is 23.1 Å². The Morgan fingerprint density at radius 1 is 1.00 bits per heavy atom. The van der Waals surface area contributed by atoms with Crippen molar-refractivity contribution in [3.05, 3.63) is 76.5 Å². The van der Waals surface area contributed by atoms with Crippen molar-refractivity contribution in [2.45, 2.75) is 51.7 Å². The zero-order chi connectivity index (χ0) is 24.4. The minimum atomic E-state index is -1.03. The zero-order valence-electron chi connectivity index (χ0n) is 19.5. The van der Waals surface area contributed by atoms with Crippen LogP contribution in [0.1, 0.15) is 48.8 Å². The van der Waals surface area contributed by atoms with Gasteiger partial charge in [-0.2, -0.15) is 0 Å². The second-order valence-corrected chi connectivity index (χ2v) is 8.79. The van der Waals surface area contributed by atoms with Gasteiger partial charge in [0.05, 0.1) is 27.7 Å². The fourth-order valence-corrected chi connectivity index (χ4v) is 4.45. The summed E-state index contributed by atoms with van der Waals surface area (Å²) in [5.41, 5.74) is 1.98. The number of fused-ring (bicyclic) bond motifs is 3. The highest BCUT2D eigenvalue weighted by Gasteiger charge is 2.21. The number of nitrogens with one attached hydrogen (secondary N) is 1. The predicted molar refractivity (Wildman–Crippen MR) is 133 cm³/mol. The number of carbonyl (C=O) groups excluding carboxylic acids is 2. The van der Waals surface area contributed by atoms with Crippen molar-refractivity contribution in [2.24, 2.45) is 0 Å². The lowest BCUT2D eigenvalue weighted by atomic mass is 10.1. The molecular formula is C27H26N4O4. The normalized spacial score (nSPS) is 14.5. The molecule has 35 heavy (non-hydrogen) atoms. The van der Waals surface area contributed by atoms with Gasteiger partial charge in [0.15, 0.2) is 6.10 Å². The summed E-state index contributed by atoms with van der Waals surface area (Å²) >= 11 is 0. The van der Waals surface area contributed by atoms with Gasteiger partial charge in [0.1, 0.15) is 5.82 Å². The van der Waals surface area contributed by atoms with Gasteiger partial charge in [-0.15, -0.1) is 0 Å². The SMILES string of the molecule is CC(OC(=O)c1ccc2c(=O)n3c(nc2c1)CCCCCC3)C(=O)Nc1cccc2ncccc12. The highest BCUT2D eigenvalue weighted by molar-refractivity contribution is 6.03. The van der Waals surface area contributed by atoms with Crippen LogP contribution in [0.5, 0.6) is 0 Å². The molecule has 1 amide bonds. The highest BCUT2D eigenvalue weighted by atomic mass is 16.5. The molecule has 1 aliphatic heterocycles. The van der Waals surface area contributed by atoms with Gasteiger partial charge in [0.25, 0.3) is 11.5 Å². The molecule has 0 spiro atoms. The molecule has 1 aliphatic rings. The third-order valence-corrected chi connectivity index (χ3v) is 6.36. The molecule has 3 heterocycles. The molecule has 8 nitrogen and oxygen atoms in total.